The van der Waals surface area contributed by atoms with Crippen molar-refractivity contribution in [2.75, 3.05) is 0 Å². The van der Waals surface area contributed by atoms with Crippen molar-refractivity contribution in [2.24, 2.45) is 17.3 Å². The molecule has 1 aliphatic carbocycles. The van der Waals surface area contributed by atoms with Gasteiger partial charge in [0.25, 0.3) is 0 Å². The Balaban J connectivity index is 2.18. The average molecular weight is 307 g/mol. The molecule has 1 fully saturated rings. The number of hydrogen-bond acceptors (Lipinski definition) is 3. The van der Waals surface area contributed by atoms with E-state index >= 15 is 0 Å². The molecule has 4 heteroatoms. The van der Waals surface area contributed by atoms with Crippen LogP contribution >= 0.6 is 12.2 Å². The third-order valence-corrected chi connectivity index (χ3v) is 4.60. The monoisotopic (exact) mass is 307 g/mol. The van der Waals surface area contributed by atoms with Crippen LogP contribution in [0.2, 0.25) is 0 Å². The van der Waals surface area contributed by atoms with Gasteiger partial charge in [-0.15, -0.1) is 0 Å². The molecule has 1 heterocycles. The quantitative estimate of drug-likeness (QED) is 0.775. The number of nitrogens with zero attached hydrogens (tertiary/aromatic N) is 1. The SMILES string of the molecule is CC(C)(C)C(C(=O)On1ccccc1=S)C1CCCCC1. The lowest BCUT2D eigenvalue weighted by molar-refractivity contribution is -0.156. The highest BCUT2D eigenvalue weighted by molar-refractivity contribution is 7.71. The summed E-state index contributed by atoms with van der Waals surface area (Å²) in [6.45, 7) is 6.37. The van der Waals surface area contributed by atoms with E-state index in [9.17, 15) is 4.79 Å². The maximum atomic E-state index is 12.7. The summed E-state index contributed by atoms with van der Waals surface area (Å²) in [5.74, 6) is 0.181. The van der Waals surface area contributed by atoms with Gasteiger partial charge in [0.1, 0.15) is 4.64 Å². The van der Waals surface area contributed by atoms with Crippen LogP contribution in [0.15, 0.2) is 24.4 Å². The van der Waals surface area contributed by atoms with Crippen LogP contribution in [-0.4, -0.2) is 10.7 Å². The number of aromatic nitrogens is 1. The second-order valence-electron chi connectivity index (χ2n) is 7.02. The van der Waals surface area contributed by atoms with E-state index in [2.05, 4.69) is 20.8 Å². The summed E-state index contributed by atoms with van der Waals surface area (Å²) in [6, 6.07) is 5.42. The summed E-state index contributed by atoms with van der Waals surface area (Å²) in [5, 5.41) is 0. The summed E-state index contributed by atoms with van der Waals surface area (Å²) in [7, 11) is 0. The van der Waals surface area contributed by atoms with Gasteiger partial charge in [-0.05, 0) is 36.3 Å². The Morgan fingerprint density at radius 2 is 1.95 bits per heavy atom. The van der Waals surface area contributed by atoms with Gasteiger partial charge < -0.3 is 4.84 Å². The lowest BCUT2D eigenvalue weighted by atomic mass is 9.68. The van der Waals surface area contributed by atoms with Crippen LogP contribution in [0.25, 0.3) is 0 Å². The van der Waals surface area contributed by atoms with Crippen molar-refractivity contribution in [1.29, 1.82) is 0 Å². The largest absolute Gasteiger partial charge is 0.336 e. The Morgan fingerprint density at radius 1 is 1.29 bits per heavy atom. The van der Waals surface area contributed by atoms with Crippen molar-refractivity contribution in [2.45, 2.75) is 52.9 Å². The fraction of sp³-hybridized carbons (Fsp3) is 0.647. The maximum absolute atomic E-state index is 12.7. The highest BCUT2D eigenvalue weighted by atomic mass is 32.1. The summed E-state index contributed by atoms with van der Waals surface area (Å²) >= 11 is 5.19. The molecular formula is C17H25NO2S. The molecule has 3 nitrogen and oxygen atoms in total. The first kappa shape index (κ1) is 16.2. The van der Waals surface area contributed by atoms with Crippen LogP contribution in [0.5, 0.6) is 0 Å². The Hall–Kier alpha value is -1.16. The molecule has 0 N–H and O–H groups in total. The summed E-state index contributed by atoms with van der Waals surface area (Å²) in [4.78, 5) is 18.3. The summed E-state index contributed by atoms with van der Waals surface area (Å²) in [5.41, 5.74) is -0.101. The van der Waals surface area contributed by atoms with E-state index in [0.29, 0.717) is 10.6 Å². The minimum Gasteiger partial charge on any atom is -0.335 e. The third-order valence-electron chi connectivity index (χ3n) is 4.29. The topological polar surface area (TPSA) is 31.2 Å². The van der Waals surface area contributed by atoms with Gasteiger partial charge in [-0.1, -0.05) is 58.3 Å². The first-order chi connectivity index (χ1) is 9.89. The molecule has 0 aliphatic heterocycles. The van der Waals surface area contributed by atoms with Crippen molar-refractivity contribution in [3.63, 3.8) is 0 Å². The Labute approximate surface area is 132 Å². The molecule has 0 radical (unpaired) electrons. The molecule has 1 aromatic heterocycles. The summed E-state index contributed by atoms with van der Waals surface area (Å²) < 4.78 is 1.92. The molecule has 1 atom stereocenters. The molecular weight excluding hydrogens is 282 g/mol. The van der Waals surface area contributed by atoms with Crippen LogP contribution in [0, 0.1) is 21.9 Å². The lowest BCUT2D eigenvalue weighted by Crippen LogP contribution is -2.41. The third kappa shape index (κ3) is 4.16. The number of carbonyl (C=O) groups excluding carboxylic acids is 1. The van der Waals surface area contributed by atoms with Crippen molar-refractivity contribution >= 4 is 18.2 Å². The first-order valence-electron chi connectivity index (χ1n) is 7.79. The lowest BCUT2D eigenvalue weighted by Gasteiger charge is -2.37. The second-order valence-corrected chi connectivity index (χ2v) is 7.44. The predicted molar refractivity (Wildman–Crippen MR) is 86.4 cm³/mol. The van der Waals surface area contributed by atoms with E-state index in [4.69, 9.17) is 17.1 Å². The van der Waals surface area contributed by atoms with Gasteiger partial charge in [-0.3, -0.25) is 0 Å². The minimum absolute atomic E-state index is 0.0834. The highest BCUT2D eigenvalue weighted by Gasteiger charge is 2.40. The molecule has 0 spiro atoms. The van der Waals surface area contributed by atoms with E-state index in [1.165, 1.54) is 24.0 Å². The second kappa shape index (κ2) is 6.73. The number of pyridine rings is 1. The van der Waals surface area contributed by atoms with Crippen molar-refractivity contribution < 1.29 is 9.63 Å². The van der Waals surface area contributed by atoms with Gasteiger partial charge in [0.05, 0.1) is 5.92 Å². The van der Waals surface area contributed by atoms with Gasteiger partial charge in [-0.25, -0.2) is 4.79 Å². The molecule has 0 aromatic carbocycles. The zero-order valence-corrected chi connectivity index (χ0v) is 14.0. The summed E-state index contributed by atoms with van der Waals surface area (Å²) in [6.07, 6.45) is 7.66. The Morgan fingerprint density at radius 3 is 2.52 bits per heavy atom. The van der Waals surface area contributed by atoms with E-state index in [-0.39, 0.29) is 17.3 Å². The molecule has 0 saturated heterocycles. The van der Waals surface area contributed by atoms with Gasteiger partial charge in [0.2, 0.25) is 0 Å². The number of rotatable bonds is 3. The van der Waals surface area contributed by atoms with E-state index in [1.54, 1.807) is 12.3 Å². The van der Waals surface area contributed by atoms with Crippen molar-refractivity contribution in [3.05, 3.63) is 29.0 Å². The standard InChI is InChI=1S/C17H25NO2S/c1-17(2,3)15(13-9-5-4-6-10-13)16(19)20-18-12-8-7-11-14(18)21/h7-8,11-13,15H,4-6,9-10H2,1-3H3. The zero-order chi connectivity index (χ0) is 15.5. The van der Waals surface area contributed by atoms with E-state index in [0.717, 1.165) is 12.8 Å². The normalized spacial score (nSPS) is 18.2. The fourth-order valence-corrected chi connectivity index (χ4v) is 3.54. The molecule has 1 aromatic rings. The van der Waals surface area contributed by atoms with Gasteiger partial charge in [-0.2, -0.15) is 4.73 Å². The molecule has 2 rings (SSSR count). The Bertz CT molecular complexity index is 538. The predicted octanol–water partition coefficient (Wildman–Crippen LogP) is 4.42. The highest BCUT2D eigenvalue weighted by Crippen LogP contribution is 2.40. The minimum atomic E-state index is -0.156. The van der Waals surface area contributed by atoms with Crippen LogP contribution in [0.3, 0.4) is 0 Å². The number of hydrogen-bond donors (Lipinski definition) is 0. The van der Waals surface area contributed by atoms with E-state index < -0.39 is 0 Å². The van der Waals surface area contributed by atoms with Crippen molar-refractivity contribution in [1.82, 2.24) is 4.73 Å². The Kier molecular flexibility index (Phi) is 5.20. The molecule has 1 aliphatic rings. The van der Waals surface area contributed by atoms with Gasteiger partial charge in [0, 0.05) is 6.20 Å². The molecule has 1 saturated carbocycles. The molecule has 21 heavy (non-hydrogen) atoms. The fourth-order valence-electron chi connectivity index (χ4n) is 3.36. The van der Waals surface area contributed by atoms with Gasteiger partial charge >= 0.3 is 5.97 Å². The molecule has 0 amide bonds. The van der Waals surface area contributed by atoms with Crippen LogP contribution in [-0.2, 0) is 4.79 Å². The van der Waals surface area contributed by atoms with Crippen LogP contribution in [0.4, 0.5) is 0 Å². The van der Waals surface area contributed by atoms with Crippen molar-refractivity contribution in [3.8, 4) is 0 Å². The average Bonchev–Trinajstić information content (AvgIpc) is 2.41. The molecule has 1 unspecified atom stereocenters. The zero-order valence-electron chi connectivity index (χ0n) is 13.2. The van der Waals surface area contributed by atoms with Crippen LogP contribution < -0.4 is 4.84 Å². The van der Waals surface area contributed by atoms with Gasteiger partial charge in [0.15, 0.2) is 0 Å². The smallest absolute Gasteiger partial charge is 0.335 e. The number of carbonyl (C=O) groups is 1. The maximum Gasteiger partial charge on any atom is 0.336 e. The van der Waals surface area contributed by atoms with E-state index in [1.807, 2.05) is 12.1 Å². The van der Waals surface area contributed by atoms with Crippen LogP contribution in [0.1, 0.15) is 52.9 Å². The molecule has 116 valence electrons. The first-order valence-corrected chi connectivity index (χ1v) is 8.20. The molecule has 0 bridgehead atoms.